The van der Waals surface area contributed by atoms with Crippen molar-refractivity contribution in [2.24, 2.45) is 11.7 Å². The van der Waals surface area contributed by atoms with Gasteiger partial charge in [0.05, 0.1) is 6.10 Å². The molecule has 1 aliphatic heterocycles. The maximum absolute atomic E-state index is 5.64. The fourth-order valence-electron chi connectivity index (χ4n) is 3.33. The first-order valence-electron chi connectivity index (χ1n) is 6.80. The van der Waals surface area contributed by atoms with Crippen LogP contribution in [0.2, 0.25) is 0 Å². The molecule has 1 saturated carbocycles. The maximum Gasteiger partial charge on any atom is 0.0586 e. The molecule has 0 amide bonds. The van der Waals surface area contributed by atoms with Gasteiger partial charge in [-0.05, 0) is 57.5 Å². The number of methoxy groups -OCH3 is 1. The van der Waals surface area contributed by atoms with Crippen LogP contribution in [0.1, 0.15) is 38.5 Å². The molecule has 1 aliphatic carbocycles. The number of nitrogens with two attached hydrogens (primary N) is 1. The smallest absolute Gasteiger partial charge is 0.0586 e. The minimum absolute atomic E-state index is 0.507. The van der Waals surface area contributed by atoms with Crippen molar-refractivity contribution in [3.8, 4) is 0 Å². The fraction of sp³-hybridized carbons (Fsp3) is 1.00. The molecule has 94 valence electrons. The van der Waals surface area contributed by atoms with Gasteiger partial charge in [0.1, 0.15) is 0 Å². The molecular weight excluding hydrogens is 200 g/mol. The highest BCUT2D eigenvalue weighted by Gasteiger charge is 2.31. The molecule has 2 aliphatic rings. The molecule has 3 heteroatoms. The third kappa shape index (κ3) is 2.96. The Bertz CT molecular complexity index is 210. The summed E-state index contributed by atoms with van der Waals surface area (Å²) < 4.78 is 5.51. The molecule has 3 atom stereocenters. The van der Waals surface area contributed by atoms with Gasteiger partial charge in [0, 0.05) is 19.7 Å². The summed E-state index contributed by atoms with van der Waals surface area (Å²) in [5.41, 5.74) is 5.64. The van der Waals surface area contributed by atoms with Crippen LogP contribution in [0.15, 0.2) is 0 Å². The van der Waals surface area contributed by atoms with Gasteiger partial charge in [-0.2, -0.15) is 0 Å². The zero-order valence-corrected chi connectivity index (χ0v) is 10.5. The van der Waals surface area contributed by atoms with Gasteiger partial charge >= 0.3 is 0 Å². The number of hydrogen-bond donors (Lipinski definition) is 1. The molecule has 3 nitrogen and oxygen atoms in total. The van der Waals surface area contributed by atoms with Crippen molar-refractivity contribution in [1.29, 1.82) is 0 Å². The summed E-state index contributed by atoms with van der Waals surface area (Å²) in [7, 11) is 1.86. The minimum Gasteiger partial charge on any atom is -0.381 e. The van der Waals surface area contributed by atoms with Crippen LogP contribution in [0.4, 0.5) is 0 Å². The highest BCUT2D eigenvalue weighted by Crippen LogP contribution is 2.29. The van der Waals surface area contributed by atoms with Gasteiger partial charge in [0.25, 0.3) is 0 Å². The van der Waals surface area contributed by atoms with Crippen molar-refractivity contribution in [2.45, 2.75) is 50.7 Å². The first-order valence-corrected chi connectivity index (χ1v) is 6.80. The van der Waals surface area contributed by atoms with E-state index in [0.717, 1.165) is 18.5 Å². The van der Waals surface area contributed by atoms with Crippen molar-refractivity contribution in [3.05, 3.63) is 0 Å². The zero-order valence-electron chi connectivity index (χ0n) is 10.5. The molecule has 0 aromatic heterocycles. The topological polar surface area (TPSA) is 38.5 Å². The molecule has 1 saturated heterocycles. The Morgan fingerprint density at radius 1 is 1.31 bits per heavy atom. The van der Waals surface area contributed by atoms with Crippen LogP contribution in [0.5, 0.6) is 0 Å². The van der Waals surface area contributed by atoms with Crippen LogP contribution in [0.25, 0.3) is 0 Å². The van der Waals surface area contributed by atoms with Crippen LogP contribution in [-0.2, 0) is 4.74 Å². The van der Waals surface area contributed by atoms with Crippen molar-refractivity contribution in [2.75, 3.05) is 26.7 Å². The second kappa shape index (κ2) is 5.99. The molecule has 2 fully saturated rings. The molecule has 0 spiro atoms. The third-order valence-corrected chi connectivity index (χ3v) is 4.34. The Labute approximate surface area is 99.3 Å². The van der Waals surface area contributed by atoms with Gasteiger partial charge in [-0.25, -0.2) is 0 Å². The van der Waals surface area contributed by atoms with E-state index in [1.807, 2.05) is 7.11 Å². The van der Waals surface area contributed by atoms with Gasteiger partial charge in [0.15, 0.2) is 0 Å². The summed E-state index contributed by atoms with van der Waals surface area (Å²) in [6, 6.07) is 0.779. The van der Waals surface area contributed by atoms with Crippen LogP contribution >= 0.6 is 0 Å². The number of rotatable bonds is 4. The maximum atomic E-state index is 5.64. The van der Waals surface area contributed by atoms with E-state index in [9.17, 15) is 0 Å². The summed E-state index contributed by atoms with van der Waals surface area (Å²) in [6.45, 7) is 3.41. The Kier molecular flexibility index (Phi) is 4.62. The normalized spacial score (nSPS) is 36.8. The number of ether oxygens (including phenoxy) is 1. The van der Waals surface area contributed by atoms with Gasteiger partial charge < -0.3 is 15.4 Å². The van der Waals surface area contributed by atoms with Crippen molar-refractivity contribution >= 4 is 0 Å². The Morgan fingerprint density at radius 2 is 2.19 bits per heavy atom. The van der Waals surface area contributed by atoms with E-state index in [1.165, 1.54) is 51.6 Å². The average molecular weight is 226 g/mol. The van der Waals surface area contributed by atoms with Gasteiger partial charge in [-0.3, -0.25) is 0 Å². The Hall–Kier alpha value is -0.120. The van der Waals surface area contributed by atoms with E-state index in [2.05, 4.69) is 4.90 Å². The van der Waals surface area contributed by atoms with E-state index in [1.54, 1.807) is 0 Å². The molecule has 1 heterocycles. The first-order chi connectivity index (χ1) is 7.83. The number of likely N-dealkylation sites (tertiary alicyclic amines) is 1. The van der Waals surface area contributed by atoms with E-state index in [-0.39, 0.29) is 0 Å². The third-order valence-electron chi connectivity index (χ3n) is 4.34. The van der Waals surface area contributed by atoms with E-state index in [0.29, 0.717) is 6.10 Å². The van der Waals surface area contributed by atoms with Gasteiger partial charge in [-0.1, -0.05) is 0 Å². The molecule has 0 aromatic carbocycles. The zero-order chi connectivity index (χ0) is 11.4. The quantitative estimate of drug-likeness (QED) is 0.791. The lowest BCUT2D eigenvalue weighted by atomic mass is 9.92. The monoisotopic (exact) mass is 226 g/mol. The molecule has 2 rings (SSSR count). The molecular formula is C13H26N2O. The van der Waals surface area contributed by atoms with Crippen molar-refractivity contribution in [3.63, 3.8) is 0 Å². The number of hydrogen-bond acceptors (Lipinski definition) is 3. The van der Waals surface area contributed by atoms with Crippen molar-refractivity contribution in [1.82, 2.24) is 4.90 Å². The average Bonchev–Trinajstić information content (AvgIpc) is 2.78. The number of nitrogens with zero attached hydrogens (tertiary/aromatic N) is 1. The van der Waals surface area contributed by atoms with E-state index >= 15 is 0 Å². The van der Waals surface area contributed by atoms with E-state index in [4.69, 9.17) is 10.5 Å². The largest absolute Gasteiger partial charge is 0.381 e. The van der Waals surface area contributed by atoms with Gasteiger partial charge in [-0.15, -0.1) is 0 Å². The summed E-state index contributed by atoms with van der Waals surface area (Å²) >= 11 is 0. The lowest BCUT2D eigenvalue weighted by Gasteiger charge is -2.34. The first kappa shape index (κ1) is 12.3. The molecule has 3 unspecified atom stereocenters. The second-order valence-electron chi connectivity index (χ2n) is 5.41. The Morgan fingerprint density at radius 3 is 2.94 bits per heavy atom. The summed E-state index contributed by atoms with van der Waals surface area (Å²) in [6.07, 6.45) is 8.27. The molecule has 2 N–H and O–H groups in total. The molecule has 16 heavy (non-hydrogen) atoms. The standard InChI is InChI=1S/C13H26N2O/c1-16-13-4-2-3-12(9-13)15-8-6-11(10-15)5-7-14/h11-13H,2-10,14H2,1H3. The molecule has 0 bridgehead atoms. The van der Waals surface area contributed by atoms with Crippen LogP contribution < -0.4 is 5.73 Å². The molecule has 0 radical (unpaired) electrons. The summed E-state index contributed by atoms with van der Waals surface area (Å²) in [5.74, 6) is 0.855. The highest BCUT2D eigenvalue weighted by atomic mass is 16.5. The van der Waals surface area contributed by atoms with Crippen molar-refractivity contribution < 1.29 is 4.74 Å². The van der Waals surface area contributed by atoms with Crippen LogP contribution in [-0.4, -0.2) is 43.8 Å². The Balaban J connectivity index is 1.79. The van der Waals surface area contributed by atoms with Gasteiger partial charge in [0.2, 0.25) is 0 Å². The lowest BCUT2D eigenvalue weighted by Crippen LogP contribution is -2.39. The van der Waals surface area contributed by atoms with E-state index < -0.39 is 0 Å². The summed E-state index contributed by atoms with van der Waals surface area (Å²) in [4.78, 5) is 2.69. The lowest BCUT2D eigenvalue weighted by molar-refractivity contribution is 0.0331. The summed E-state index contributed by atoms with van der Waals surface area (Å²) in [5, 5.41) is 0. The second-order valence-corrected chi connectivity index (χ2v) is 5.41. The fourth-order valence-corrected chi connectivity index (χ4v) is 3.33. The SMILES string of the molecule is COC1CCCC(N2CCC(CCN)C2)C1. The molecule has 0 aromatic rings. The van der Waals surface area contributed by atoms with Crippen LogP contribution in [0.3, 0.4) is 0 Å². The predicted molar refractivity (Wildman–Crippen MR) is 66.4 cm³/mol. The highest BCUT2D eigenvalue weighted by molar-refractivity contribution is 4.86. The minimum atomic E-state index is 0.507. The van der Waals surface area contributed by atoms with Crippen LogP contribution in [0, 0.1) is 5.92 Å². The predicted octanol–water partition coefficient (Wildman–Crippen LogP) is 1.61.